The van der Waals surface area contributed by atoms with Gasteiger partial charge in [-0.15, -0.1) is 0 Å². The number of ether oxygens (including phenoxy) is 1. The van der Waals surface area contributed by atoms with Crippen molar-refractivity contribution in [2.75, 3.05) is 13.2 Å². The maximum atomic E-state index is 12.4. The fourth-order valence-corrected chi connectivity index (χ4v) is 8.74. The normalized spacial score (nSPS) is 12.9. The standard InChI is InChI=1S/C59H111NO5/c1-3-5-7-9-11-13-15-17-19-21-23-24-27-31-35-39-43-47-51-57(62)56(55-61)60-58(63)52-48-44-40-36-32-28-26-30-34-38-42-46-50-54-65-59(64)53-49-45-41-37-33-29-25-22-20-18-16-14-12-10-8-6-4-2/h18,20,28,32,40,44,56-57,61-62H,3-17,19,21-27,29-31,33-39,41-43,45-55H2,1-2H3,(H,60,63)/b20-18-,32-28-,44-40-. The highest BCUT2D eigenvalue weighted by molar-refractivity contribution is 5.76. The first-order valence-corrected chi connectivity index (χ1v) is 28.7. The van der Waals surface area contributed by atoms with Crippen molar-refractivity contribution in [3.05, 3.63) is 36.5 Å². The van der Waals surface area contributed by atoms with Crippen LogP contribution in [0.2, 0.25) is 0 Å². The van der Waals surface area contributed by atoms with E-state index in [1.54, 1.807) is 0 Å². The number of carbonyl (C=O) groups excluding carboxylic acids is 2. The van der Waals surface area contributed by atoms with Crippen molar-refractivity contribution in [2.24, 2.45) is 0 Å². The zero-order valence-electron chi connectivity index (χ0n) is 43.5. The van der Waals surface area contributed by atoms with E-state index in [9.17, 15) is 19.8 Å². The van der Waals surface area contributed by atoms with Crippen LogP contribution in [0.15, 0.2) is 36.5 Å². The fourth-order valence-electron chi connectivity index (χ4n) is 8.74. The molecule has 0 aromatic heterocycles. The van der Waals surface area contributed by atoms with E-state index in [-0.39, 0.29) is 18.5 Å². The number of carbonyl (C=O) groups is 2. The molecule has 0 saturated carbocycles. The topological polar surface area (TPSA) is 95.9 Å². The molecule has 0 aromatic rings. The summed E-state index contributed by atoms with van der Waals surface area (Å²) in [6, 6.07) is -0.586. The van der Waals surface area contributed by atoms with E-state index in [2.05, 4.69) is 49.5 Å². The lowest BCUT2D eigenvalue weighted by atomic mass is 10.0. The van der Waals surface area contributed by atoms with Gasteiger partial charge in [-0.3, -0.25) is 9.59 Å². The van der Waals surface area contributed by atoms with Crippen LogP contribution < -0.4 is 5.32 Å². The molecule has 0 heterocycles. The molecule has 0 aliphatic carbocycles. The van der Waals surface area contributed by atoms with Crippen molar-refractivity contribution >= 4 is 11.9 Å². The Morgan fingerprint density at radius 3 is 1.22 bits per heavy atom. The van der Waals surface area contributed by atoms with Crippen LogP contribution in [0.5, 0.6) is 0 Å². The van der Waals surface area contributed by atoms with Gasteiger partial charge in [-0.25, -0.2) is 0 Å². The van der Waals surface area contributed by atoms with Gasteiger partial charge in [0.1, 0.15) is 0 Å². The van der Waals surface area contributed by atoms with Crippen molar-refractivity contribution in [3.63, 3.8) is 0 Å². The van der Waals surface area contributed by atoms with Gasteiger partial charge >= 0.3 is 5.97 Å². The highest BCUT2D eigenvalue weighted by atomic mass is 16.5. The number of unbranched alkanes of at least 4 members (excludes halogenated alkanes) is 36. The summed E-state index contributed by atoms with van der Waals surface area (Å²) in [6.45, 7) is 4.89. The molecule has 3 N–H and O–H groups in total. The number of hydrogen-bond acceptors (Lipinski definition) is 5. The molecular formula is C59H111NO5. The molecular weight excluding hydrogens is 803 g/mol. The monoisotopic (exact) mass is 914 g/mol. The first-order chi connectivity index (χ1) is 32.0. The average Bonchev–Trinajstić information content (AvgIpc) is 3.31. The van der Waals surface area contributed by atoms with Gasteiger partial charge in [0, 0.05) is 12.8 Å². The maximum Gasteiger partial charge on any atom is 0.305 e. The Kier molecular flexibility index (Phi) is 53.1. The lowest BCUT2D eigenvalue weighted by Gasteiger charge is -2.22. The van der Waals surface area contributed by atoms with Crippen LogP contribution in [-0.4, -0.2) is 47.4 Å². The third-order valence-corrected chi connectivity index (χ3v) is 13.2. The van der Waals surface area contributed by atoms with E-state index in [1.165, 1.54) is 212 Å². The van der Waals surface area contributed by atoms with Crippen LogP contribution in [0.3, 0.4) is 0 Å². The quantitative estimate of drug-likeness (QED) is 0.0321. The Morgan fingerprint density at radius 2 is 0.785 bits per heavy atom. The van der Waals surface area contributed by atoms with Crippen LogP contribution in [-0.2, 0) is 14.3 Å². The summed E-state index contributed by atoms with van der Waals surface area (Å²) in [5.74, 6) is -0.134. The number of esters is 1. The van der Waals surface area contributed by atoms with Crippen LogP contribution in [0, 0.1) is 0 Å². The van der Waals surface area contributed by atoms with E-state index < -0.39 is 12.1 Å². The fraction of sp³-hybridized carbons (Fsp3) is 0.864. The zero-order chi connectivity index (χ0) is 47.2. The summed E-state index contributed by atoms with van der Waals surface area (Å²) >= 11 is 0. The second-order valence-electron chi connectivity index (χ2n) is 19.6. The summed E-state index contributed by atoms with van der Waals surface area (Å²) in [4.78, 5) is 24.5. The van der Waals surface area contributed by atoms with E-state index >= 15 is 0 Å². The van der Waals surface area contributed by atoms with Gasteiger partial charge in [-0.05, 0) is 70.6 Å². The van der Waals surface area contributed by atoms with Crippen LogP contribution >= 0.6 is 0 Å². The SMILES string of the molecule is CCCCCCCC/C=C\CCCCCCCCCC(=O)OCCCCCCCC/C=C\C/C=C\CCC(=O)NC(CO)C(O)CCCCCCCCCCCCCCCCCCCC. The molecule has 0 spiro atoms. The molecule has 0 aromatic carbocycles. The molecule has 0 bridgehead atoms. The molecule has 65 heavy (non-hydrogen) atoms. The third kappa shape index (κ3) is 51.3. The van der Waals surface area contributed by atoms with E-state index in [0.29, 0.717) is 32.3 Å². The second kappa shape index (κ2) is 54.7. The molecule has 2 atom stereocenters. The van der Waals surface area contributed by atoms with E-state index in [0.717, 1.165) is 51.4 Å². The molecule has 0 aliphatic rings. The Labute approximate surface area is 404 Å². The first kappa shape index (κ1) is 63.1. The molecule has 0 rings (SSSR count). The lowest BCUT2D eigenvalue weighted by Crippen LogP contribution is -2.45. The molecule has 1 amide bonds. The Balaban J connectivity index is 3.53. The predicted octanol–water partition coefficient (Wildman–Crippen LogP) is 17.6. The number of amides is 1. The van der Waals surface area contributed by atoms with Gasteiger partial charge in [-0.2, -0.15) is 0 Å². The number of rotatable bonds is 53. The second-order valence-corrected chi connectivity index (χ2v) is 19.6. The molecule has 0 aliphatic heterocycles. The van der Waals surface area contributed by atoms with Crippen LogP contribution in [0.4, 0.5) is 0 Å². The van der Waals surface area contributed by atoms with Gasteiger partial charge in [-0.1, -0.05) is 256 Å². The molecule has 6 nitrogen and oxygen atoms in total. The van der Waals surface area contributed by atoms with Gasteiger partial charge in [0.25, 0.3) is 0 Å². The predicted molar refractivity (Wildman–Crippen MR) is 283 cm³/mol. The summed E-state index contributed by atoms with van der Waals surface area (Å²) in [5, 5.41) is 23.2. The number of aliphatic hydroxyl groups excluding tert-OH is 2. The summed E-state index contributed by atoms with van der Waals surface area (Å²) in [7, 11) is 0. The Bertz CT molecular complexity index is 1060. The van der Waals surface area contributed by atoms with Gasteiger partial charge in [0.2, 0.25) is 5.91 Å². The first-order valence-electron chi connectivity index (χ1n) is 28.7. The molecule has 2 unspecified atom stereocenters. The number of nitrogens with one attached hydrogen (secondary N) is 1. The number of aliphatic hydroxyl groups is 2. The van der Waals surface area contributed by atoms with Crippen molar-refractivity contribution in [1.29, 1.82) is 0 Å². The summed E-state index contributed by atoms with van der Waals surface area (Å²) < 4.78 is 5.46. The Morgan fingerprint density at radius 1 is 0.431 bits per heavy atom. The minimum atomic E-state index is -0.700. The highest BCUT2D eigenvalue weighted by Gasteiger charge is 2.19. The third-order valence-electron chi connectivity index (χ3n) is 13.2. The average molecular weight is 915 g/mol. The van der Waals surface area contributed by atoms with Crippen LogP contribution in [0.1, 0.15) is 303 Å². The Hall–Kier alpha value is -1.92. The van der Waals surface area contributed by atoms with Gasteiger partial charge in [0.15, 0.2) is 0 Å². The van der Waals surface area contributed by atoms with Crippen molar-refractivity contribution in [2.45, 2.75) is 315 Å². The smallest absolute Gasteiger partial charge is 0.305 e. The summed E-state index contributed by atoms with van der Waals surface area (Å²) in [5.41, 5.74) is 0. The molecule has 382 valence electrons. The zero-order valence-corrected chi connectivity index (χ0v) is 43.5. The van der Waals surface area contributed by atoms with E-state index in [1.807, 2.05) is 6.08 Å². The summed E-state index contributed by atoms with van der Waals surface area (Å²) in [6.07, 6.45) is 67.1. The van der Waals surface area contributed by atoms with Crippen molar-refractivity contribution < 1.29 is 24.5 Å². The minimum Gasteiger partial charge on any atom is -0.466 e. The highest BCUT2D eigenvalue weighted by Crippen LogP contribution is 2.17. The number of hydrogen-bond donors (Lipinski definition) is 3. The minimum absolute atomic E-state index is 0.0202. The van der Waals surface area contributed by atoms with Crippen molar-refractivity contribution in [3.8, 4) is 0 Å². The molecule has 0 saturated heterocycles. The molecule has 0 radical (unpaired) electrons. The number of allylic oxidation sites excluding steroid dienone is 6. The van der Waals surface area contributed by atoms with Crippen LogP contribution in [0.25, 0.3) is 0 Å². The van der Waals surface area contributed by atoms with Gasteiger partial charge in [0.05, 0.1) is 25.4 Å². The van der Waals surface area contributed by atoms with Crippen molar-refractivity contribution in [1.82, 2.24) is 5.32 Å². The molecule has 0 fully saturated rings. The lowest BCUT2D eigenvalue weighted by molar-refractivity contribution is -0.143. The maximum absolute atomic E-state index is 12.4. The molecule has 6 heteroatoms. The van der Waals surface area contributed by atoms with Gasteiger partial charge < -0.3 is 20.3 Å². The van der Waals surface area contributed by atoms with E-state index in [4.69, 9.17) is 4.74 Å². The largest absolute Gasteiger partial charge is 0.466 e.